The van der Waals surface area contributed by atoms with E-state index in [-0.39, 0.29) is 74.7 Å². The van der Waals surface area contributed by atoms with Crippen LogP contribution in [0, 0.1) is 31.1 Å². The van der Waals surface area contributed by atoms with Crippen molar-refractivity contribution in [3.63, 3.8) is 0 Å². The molecular formula is C17H50Si4UV. The van der Waals surface area contributed by atoms with E-state index in [0.717, 1.165) is 0 Å². The quantitative estimate of drug-likeness (QED) is 0.277. The number of hydrogen-bond donors (Lipinski definition) is 0. The maximum atomic E-state index is 2.56. The summed E-state index contributed by atoms with van der Waals surface area (Å²) in [5, 5.41) is 0. The SMILES string of the molecule is C.CC[SiH](C)C.CC[SiH](C)C.CC[Si](C)(C)[Si](C)(C)CC.[U].[V]. The second-order valence-corrected chi connectivity index (χ2v) is 32.4. The molecule has 6 heteroatoms. The number of rotatable bonds is 5. The van der Waals surface area contributed by atoms with E-state index in [0.29, 0.717) is 0 Å². The van der Waals surface area contributed by atoms with Gasteiger partial charge < -0.3 is 0 Å². The van der Waals surface area contributed by atoms with E-state index >= 15 is 0 Å². The Kier molecular flexibility index (Phi) is 39.5. The number of hydrogen-bond acceptors (Lipinski definition) is 0. The summed E-state index contributed by atoms with van der Waals surface area (Å²) in [4.78, 5) is 0. The monoisotopic (exact) mass is 655 g/mol. The third kappa shape index (κ3) is 26.8. The maximum Gasteiger partial charge on any atom is 0.0410 e. The van der Waals surface area contributed by atoms with Crippen molar-refractivity contribution in [2.45, 2.75) is 112 Å². The molecule has 0 saturated carbocycles. The van der Waals surface area contributed by atoms with Crippen LogP contribution in [0.4, 0.5) is 0 Å². The zero-order valence-corrected chi connectivity index (χ0v) is 27.8. The average molecular weight is 656 g/mol. The smallest absolute Gasteiger partial charge is 0.0410 e. The molecule has 143 valence electrons. The molecule has 0 aromatic heterocycles. The molecule has 0 aliphatic carbocycles. The first-order valence-corrected chi connectivity index (χ1v) is 22.6. The fourth-order valence-electron chi connectivity index (χ4n) is 0.957. The van der Waals surface area contributed by atoms with Crippen molar-refractivity contribution in [2.24, 2.45) is 0 Å². The molecule has 0 saturated heterocycles. The first-order chi connectivity index (χ1) is 8.91. The third-order valence-corrected chi connectivity index (χ3v) is 28.8. The van der Waals surface area contributed by atoms with Crippen LogP contribution in [-0.4, -0.2) is 32.8 Å². The van der Waals surface area contributed by atoms with E-state index in [9.17, 15) is 0 Å². The van der Waals surface area contributed by atoms with Gasteiger partial charge in [0, 0.05) is 82.4 Å². The molecule has 0 nitrogen and oxygen atoms in total. The van der Waals surface area contributed by atoms with Crippen molar-refractivity contribution in [1.29, 1.82) is 0 Å². The van der Waals surface area contributed by atoms with Crippen LogP contribution in [-0.2, 0) is 18.6 Å². The molecule has 0 amide bonds. The summed E-state index contributed by atoms with van der Waals surface area (Å²) in [5.74, 6) is 0. The molecule has 0 unspecified atom stereocenters. The van der Waals surface area contributed by atoms with Crippen LogP contribution in [0.2, 0.25) is 76.6 Å². The summed E-state index contributed by atoms with van der Waals surface area (Å²) >= 11 is 0. The van der Waals surface area contributed by atoms with Gasteiger partial charge in [-0.3, -0.25) is 0 Å². The first kappa shape index (κ1) is 40.3. The molecule has 0 fully saturated rings. The Morgan fingerprint density at radius 3 is 0.783 bits per heavy atom. The topological polar surface area (TPSA) is 0 Å². The van der Waals surface area contributed by atoms with Crippen LogP contribution < -0.4 is 0 Å². The van der Waals surface area contributed by atoms with E-state index in [2.05, 4.69) is 80.1 Å². The first-order valence-electron chi connectivity index (χ1n) is 8.91. The fourth-order valence-corrected chi connectivity index (χ4v) is 8.61. The Labute approximate surface area is 192 Å². The molecule has 0 spiro atoms. The van der Waals surface area contributed by atoms with Crippen molar-refractivity contribution in [1.82, 2.24) is 0 Å². The molecular weight excluding hydrogens is 606 g/mol. The van der Waals surface area contributed by atoms with Crippen molar-refractivity contribution in [2.75, 3.05) is 0 Å². The summed E-state index contributed by atoms with van der Waals surface area (Å²) in [6.07, 6.45) is 0. The Bertz CT molecular complexity index is 189. The summed E-state index contributed by atoms with van der Waals surface area (Å²) in [5.41, 5.74) is 0. The molecule has 0 bridgehead atoms. The largest absolute Gasteiger partial charge is 0.0776 e. The predicted molar refractivity (Wildman–Crippen MR) is 121 cm³/mol. The van der Waals surface area contributed by atoms with Crippen LogP contribution in [0.25, 0.3) is 0 Å². The summed E-state index contributed by atoms with van der Waals surface area (Å²) in [6.45, 7) is 28.9. The molecule has 0 aliphatic rings. The predicted octanol–water partition coefficient (Wildman–Crippen LogP) is 7.14. The molecule has 0 aromatic rings. The van der Waals surface area contributed by atoms with Crippen LogP contribution in [0.5, 0.6) is 0 Å². The van der Waals surface area contributed by atoms with Gasteiger partial charge in [-0.2, -0.15) is 0 Å². The van der Waals surface area contributed by atoms with Crippen molar-refractivity contribution in [3.8, 4) is 0 Å². The maximum absolute atomic E-state index is 2.56. The van der Waals surface area contributed by atoms with Gasteiger partial charge in [0.05, 0.1) is 0 Å². The van der Waals surface area contributed by atoms with Gasteiger partial charge in [0.1, 0.15) is 0 Å². The molecule has 1 radical (unpaired) electrons. The van der Waals surface area contributed by atoms with E-state index in [1.165, 1.54) is 24.2 Å². The third-order valence-electron chi connectivity index (χ3n) is 5.23. The Morgan fingerprint density at radius 1 is 0.609 bits per heavy atom. The average Bonchev–Trinajstić information content (AvgIpc) is 2.39. The summed E-state index contributed by atoms with van der Waals surface area (Å²) in [6, 6.07) is 5.83. The standard InChI is InChI=1S/C8H22Si2.2C4H12Si.CH4.U.V/c1-7-9(3,4)10(5,6)8-2;2*1-4-5(2)3;;;/h7-8H2,1-6H3;2*5H,4H2,1-3H3;1H4;;. The second-order valence-electron chi connectivity index (χ2n) is 8.08. The minimum absolute atomic E-state index is 0. The Balaban J connectivity index is -0.0000000483. The molecule has 23 heavy (non-hydrogen) atoms. The molecule has 0 aliphatic heterocycles. The van der Waals surface area contributed by atoms with Crippen molar-refractivity contribution >= 4 is 32.8 Å². The Hall–Kier alpha value is 2.50. The van der Waals surface area contributed by atoms with Crippen molar-refractivity contribution in [3.05, 3.63) is 0 Å². The van der Waals surface area contributed by atoms with Gasteiger partial charge in [-0.1, -0.05) is 112 Å². The molecule has 0 rings (SSSR count). The Morgan fingerprint density at radius 2 is 0.739 bits per heavy atom. The van der Waals surface area contributed by atoms with Gasteiger partial charge in [-0.15, -0.1) is 0 Å². The summed E-state index contributed by atoms with van der Waals surface area (Å²) < 4.78 is 0. The van der Waals surface area contributed by atoms with Crippen LogP contribution in [0.15, 0.2) is 0 Å². The fraction of sp³-hybridized carbons (Fsp3) is 1.00. The molecule has 0 heterocycles. The zero-order chi connectivity index (χ0) is 17.0. The minimum atomic E-state index is -0.766. The van der Waals surface area contributed by atoms with Crippen LogP contribution in [0.3, 0.4) is 0 Å². The van der Waals surface area contributed by atoms with Gasteiger partial charge >= 0.3 is 0 Å². The van der Waals surface area contributed by atoms with E-state index < -0.39 is 15.2 Å². The van der Waals surface area contributed by atoms with Crippen LogP contribution >= 0.6 is 0 Å². The van der Waals surface area contributed by atoms with Gasteiger partial charge in [0.2, 0.25) is 0 Å². The van der Waals surface area contributed by atoms with Gasteiger partial charge in [0.25, 0.3) is 0 Å². The van der Waals surface area contributed by atoms with Gasteiger partial charge in [-0.05, 0) is 0 Å². The molecule has 0 N–H and O–H groups in total. The van der Waals surface area contributed by atoms with Crippen molar-refractivity contribution < 1.29 is 49.7 Å². The zero-order valence-electron chi connectivity index (χ0n) is 17.9. The molecule has 0 aromatic carbocycles. The van der Waals surface area contributed by atoms with E-state index in [1.54, 1.807) is 0 Å². The van der Waals surface area contributed by atoms with Gasteiger partial charge in [-0.25, -0.2) is 0 Å². The second kappa shape index (κ2) is 22.5. The van der Waals surface area contributed by atoms with Crippen LogP contribution in [0.1, 0.15) is 35.1 Å². The molecule has 0 atom stereocenters. The normalized spacial score (nSPS) is 10.2. The van der Waals surface area contributed by atoms with Gasteiger partial charge in [0.15, 0.2) is 0 Å². The van der Waals surface area contributed by atoms with E-state index in [1.807, 2.05) is 0 Å². The minimum Gasteiger partial charge on any atom is -0.0776 e. The van der Waals surface area contributed by atoms with E-state index in [4.69, 9.17) is 0 Å². The summed E-state index contributed by atoms with van der Waals surface area (Å²) in [7, 11) is -1.83.